The molecule has 154 valence electrons. The highest BCUT2D eigenvalue weighted by molar-refractivity contribution is 8.27. The number of aromatic hydroxyl groups is 1. The van der Waals surface area contributed by atoms with Crippen molar-refractivity contribution in [1.29, 1.82) is 0 Å². The van der Waals surface area contributed by atoms with Crippen molar-refractivity contribution >= 4 is 57.3 Å². The highest BCUT2D eigenvalue weighted by atomic mass is 32.2. The maximum Gasteiger partial charge on any atom is 0.315 e. The molecule has 0 unspecified atom stereocenters. The van der Waals surface area contributed by atoms with Gasteiger partial charge in [-0.25, -0.2) is 0 Å². The van der Waals surface area contributed by atoms with Crippen LogP contribution in [0.2, 0.25) is 0 Å². The second kappa shape index (κ2) is 8.47. The zero-order valence-electron chi connectivity index (χ0n) is 15.3. The molecule has 0 atom stereocenters. The number of nitro groups is 2. The fraction of sp³-hybridized carbons (Fsp3) is 0.111. The number of amides is 1. The van der Waals surface area contributed by atoms with Crippen LogP contribution in [0.25, 0.3) is 6.08 Å². The molecule has 0 saturated carbocycles. The number of carbonyl (C=O) groups is 1. The van der Waals surface area contributed by atoms with Crippen LogP contribution >= 0.6 is 24.0 Å². The molecule has 0 spiro atoms. The number of thiocarbonyl (C=S) groups is 1. The third-order valence-corrected chi connectivity index (χ3v) is 5.29. The largest absolute Gasteiger partial charge is 0.500 e. The molecule has 1 fully saturated rings. The molecule has 0 bridgehead atoms. The topological polar surface area (TPSA) is 136 Å². The monoisotopic (exact) mass is 447 g/mol. The van der Waals surface area contributed by atoms with Crippen molar-refractivity contribution in [1.82, 2.24) is 0 Å². The van der Waals surface area contributed by atoms with E-state index in [4.69, 9.17) is 17.0 Å². The van der Waals surface area contributed by atoms with Crippen LogP contribution < -0.4 is 9.64 Å². The van der Waals surface area contributed by atoms with Crippen molar-refractivity contribution in [3.05, 3.63) is 67.1 Å². The zero-order chi connectivity index (χ0) is 22.0. The molecule has 2 aromatic rings. The summed E-state index contributed by atoms with van der Waals surface area (Å²) in [5, 5.41) is 32.0. The normalized spacial score (nSPS) is 15.0. The van der Waals surface area contributed by atoms with Gasteiger partial charge in [0.25, 0.3) is 11.6 Å². The number of thioether (sulfide) groups is 1. The third kappa shape index (κ3) is 4.09. The first-order valence-electron chi connectivity index (χ1n) is 8.39. The van der Waals surface area contributed by atoms with Crippen LogP contribution in [0.1, 0.15) is 12.5 Å². The SMILES string of the molecule is CCOc1cc(/C=C2/SC(=S)N(c3ccc([N+](=O)[O-])cc3)C2=O)cc([N+](=O)[O-])c1O. The molecule has 1 saturated heterocycles. The van der Waals surface area contributed by atoms with Crippen LogP contribution in [-0.2, 0) is 4.79 Å². The van der Waals surface area contributed by atoms with Crippen molar-refractivity contribution in [3.8, 4) is 11.5 Å². The van der Waals surface area contributed by atoms with E-state index < -0.39 is 27.2 Å². The number of benzene rings is 2. The number of non-ortho nitro benzene ring substituents is 1. The van der Waals surface area contributed by atoms with Gasteiger partial charge >= 0.3 is 5.69 Å². The number of ether oxygens (including phenoxy) is 1. The summed E-state index contributed by atoms with van der Waals surface area (Å²) in [6.45, 7) is 1.84. The number of hydrogen-bond donors (Lipinski definition) is 1. The average Bonchev–Trinajstić information content (AvgIpc) is 2.97. The summed E-state index contributed by atoms with van der Waals surface area (Å²) in [7, 11) is 0. The maximum atomic E-state index is 12.8. The number of rotatable bonds is 6. The summed E-state index contributed by atoms with van der Waals surface area (Å²) in [6.07, 6.45) is 1.40. The standard InChI is InChI=1S/C18H13N3O7S2/c1-2-28-14-8-10(7-13(16(14)22)21(26)27)9-15-17(23)19(18(29)30-15)11-3-5-12(6-4-11)20(24)25/h3-9,22H,2H2,1H3/b15-9+. The molecule has 0 aliphatic carbocycles. The van der Waals surface area contributed by atoms with E-state index in [-0.39, 0.29) is 32.8 Å². The van der Waals surface area contributed by atoms with Crippen molar-refractivity contribution in [3.63, 3.8) is 0 Å². The number of nitrogens with zero attached hydrogens (tertiary/aromatic N) is 3. The third-order valence-electron chi connectivity index (χ3n) is 3.98. The van der Waals surface area contributed by atoms with E-state index in [0.717, 1.165) is 17.8 Å². The van der Waals surface area contributed by atoms with Crippen molar-refractivity contribution in [2.24, 2.45) is 0 Å². The Hall–Kier alpha value is -3.51. The first kappa shape index (κ1) is 21.2. The van der Waals surface area contributed by atoms with Gasteiger partial charge in [-0.3, -0.25) is 29.9 Å². The molecule has 30 heavy (non-hydrogen) atoms. The Morgan fingerprint density at radius 3 is 2.43 bits per heavy atom. The average molecular weight is 447 g/mol. The van der Waals surface area contributed by atoms with Crippen LogP contribution in [-0.4, -0.2) is 31.8 Å². The second-order valence-corrected chi connectivity index (χ2v) is 7.54. The minimum atomic E-state index is -0.753. The quantitative estimate of drug-likeness (QED) is 0.301. The number of anilines is 1. The molecule has 1 heterocycles. The molecule has 12 heteroatoms. The van der Waals surface area contributed by atoms with E-state index in [1.807, 2.05) is 0 Å². The molecule has 0 aromatic heterocycles. The highest BCUT2D eigenvalue weighted by Crippen LogP contribution is 2.40. The molecule has 2 aromatic carbocycles. The molecule has 0 radical (unpaired) electrons. The van der Waals surface area contributed by atoms with Crippen LogP contribution in [0, 0.1) is 20.2 Å². The lowest BCUT2D eigenvalue weighted by Crippen LogP contribution is -2.27. The number of carbonyl (C=O) groups excluding carboxylic acids is 1. The molecule has 10 nitrogen and oxygen atoms in total. The van der Waals surface area contributed by atoms with Gasteiger partial charge in [0.1, 0.15) is 0 Å². The summed E-state index contributed by atoms with van der Waals surface area (Å²) in [4.78, 5) is 35.0. The summed E-state index contributed by atoms with van der Waals surface area (Å²) >= 11 is 6.23. The van der Waals surface area contributed by atoms with Gasteiger partial charge in [0.15, 0.2) is 10.1 Å². The Morgan fingerprint density at radius 1 is 1.20 bits per heavy atom. The Morgan fingerprint density at radius 2 is 1.87 bits per heavy atom. The molecule has 1 aliphatic heterocycles. The molecular weight excluding hydrogens is 434 g/mol. The summed E-state index contributed by atoms with van der Waals surface area (Å²) in [5.41, 5.74) is -0.0528. The molecule has 1 amide bonds. The predicted octanol–water partition coefficient (Wildman–Crippen LogP) is 4.01. The summed E-state index contributed by atoms with van der Waals surface area (Å²) in [5.74, 6) is -1.16. The second-order valence-electron chi connectivity index (χ2n) is 5.87. The van der Waals surface area contributed by atoms with Gasteiger partial charge in [-0.2, -0.15) is 0 Å². The summed E-state index contributed by atoms with van der Waals surface area (Å²) < 4.78 is 5.44. The molecular formula is C18H13N3O7S2. The summed E-state index contributed by atoms with van der Waals surface area (Å²) in [6, 6.07) is 7.83. The van der Waals surface area contributed by atoms with Gasteiger partial charge in [-0.05, 0) is 36.8 Å². The van der Waals surface area contributed by atoms with Gasteiger partial charge in [0.2, 0.25) is 5.75 Å². The number of phenols is 1. The Balaban J connectivity index is 1.97. The highest BCUT2D eigenvalue weighted by Gasteiger charge is 2.34. The van der Waals surface area contributed by atoms with E-state index in [9.17, 15) is 30.1 Å². The van der Waals surface area contributed by atoms with Gasteiger partial charge in [0, 0.05) is 18.2 Å². The Bertz CT molecular complexity index is 1100. The van der Waals surface area contributed by atoms with Crippen LogP contribution in [0.3, 0.4) is 0 Å². The van der Waals surface area contributed by atoms with Crippen LogP contribution in [0.5, 0.6) is 11.5 Å². The predicted molar refractivity (Wildman–Crippen MR) is 115 cm³/mol. The van der Waals surface area contributed by atoms with Crippen LogP contribution in [0.4, 0.5) is 17.1 Å². The minimum Gasteiger partial charge on any atom is -0.500 e. The lowest BCUT2D eigenvalue weighted by atomic mass is 10.1. The van der Waals surface area contributed by atoms with Crippen molar-refractivity contribution in [2.45, 2.75) is 6.92 Å². The van der Waals surface area contributed by atoms with Crippen molar-refractivity contribution < 1.29 is 24.5 Å². The fourth-order valence-electron chi connectivity index (χ4n) is 2.67. The van der Waals surface area contributed by atoms with Gasteiger partial charge < -0.3 is 9.84 Å². The van der Waals surface area contributed by atoms with Crippen molar-refractivity contribution in [2.75, 3.05) is 11.5 Å². The zero-order valence-corrected chi connectivity index (χ0v) is 16.9. The van der Waals surface area contributed by atoms with E-state index >= 15 is 0 Å². The first-order valence-corrected chi connectivity index (χ1v) is 9.62. The molecule has 3 rings (SSSR count). The van der Waals surface area contributed by atoms with E-state index in [1.165, 1.54) is 41.3 Å². The minimum absolute atomic E-state index is 0.0798. The molecule has 1 aliphatic rings. The first-order chi connectivity index (χ1) is 14.2. The lowest BCUT2D eigenvalue weighted by molar-refractivity contribution is -0.386. The maximum absolute atomic E-state index is 12.8. The van der Waals surface area contributed by atoms with Gasteiger partial charge in [-0.15, -0.1) is 0 Å². The van der Waals surface area contributed by atoms with Gasteiger partial charge in [0.05, 0.1) is 27.0 Å². The number of hydrogen-bond acceptors (Lipinski definition) is 9. The number of phenolic OH excluding ortho intramolecular Hbond substituents is 1. The number of nitro benzene ring substituents is 2. The van der Waals surface area contributed by atoms with E-state index in [1.54, 1.807) is 6.92 Å². The fourth-order valence-corrected chi connectivity index (χ4v) is 3.97. The van der Waals surface area contributed by atoms with E-state index in [2.05, 4.69) is 0 Å². The van der Waals surface area contributed by atoms with Gasteiger partial charge in [-0.1, -0.05) is 24.0 Å². The lowest BCUT2D eigenvalue weighted by Gasteiger charge is -2.14. The smallest absolute Gasteiger partial charge is 0.315 e. The Kier molecular flexibility index (Phi) is 5.99. The Labute approximate surface area is 179 Å². The molecule has 1 N–H and O–H groups in total. The van der Waals surface area contributed by atoms with Crippen LogP contribution in [0.15, 0.2) is 41.3 Å². The van der Waals surface area contributed by atoms with E-state index in [0.29, 0.717) is 5.69 Å².